The van der Waals surface area contributed by atoms with Crippen LogP contribution < -0.4 is 4.74 Å². The Morgan fingerprint density at radius 1 is 1.62 bits per heavy atom. The predicted molar refractivity (Wildman–Crippen MR) is 46.6 cm³/mol. The van der Waals surface area contributed by atoms with Gasteiger partial charge in [0.2, 0.25) is 5.88 Å². The van der Waals surface area contributed by atoms with Crippen LogP contribution in [0, 0.1) is 6.92 Å². The largest absolute Gasteiger partial charge is 0.474 e. The molecule has 2 heterocycles. The summed E-state index contributed by atoms with van der Waals surface area (Å²) in [5.74, 6) is 0.579. The van der Waals surface area contributed by atoms with Gasteiger partial charge in [0.25, 0.3) is 0 Å². The quantitative estimate of drug-likeness (QED) is 0.694. The summed E-state index contributed by atoms with van der Waals surface area (Å²) in [6.45, 7) is 3.32. The first-order valence-corrected chi connectivity index (χ1v) is 4.37. The average molecular weight is 180 g/mol. The predicted octanol–water partition coefficient (Wildman–Crippen LogP) is 0.953. The molecule has 13 heavy (non-hydrogen) atoms. The Bertz CT molecular complexity index is 287. The number of aromatic nitrogens is 2. The third kappa shape index (κ3) is 2.15. The molecule has 0 aliphatic carbocycles. The third-order valence-electron chi connectivity index (χ3n) is 1.94. The summed E-state index contributed by atoms with van der Waals surface area (Å²) < 4.78 is 10.6. The van der Waals surface area contributed by atoms with Crippen LogP contribution in [0.3, 0.4) is 0 Å². The normalized spacial score (nSPS) is 20.8. The zero-order chi connectivity index (χ0) is 9.10. The van der Waals surface area contributed by atoms with E-state index in [9.17, 15) is 0 Å². The first-order valence-electron chi connectivity index (χ1n) is 4.37. The fraction of sp³-hybridized carbons (Fsp3) is 0.556. The van der Waals surface area contributed by atoms with Gasteiger partial charge in [0.05, 0.1) is 18.0 Å². The second-order valence-corrected chi connectivity index (χ2v) is 3.09. The Morgan fingerprint density at radius 2 is 2.46 bits per heavy atom. The number of hydrogen-bond donors (Lipinski definition) is 0. The second kappa shape index (κ2) is 3.70. The molecule has 0 bridgehead atoms. The topological polar surface area (TPSA) is 44.2 Å². The molecule has 1 unspecified atom stereocenters. The first-order chi connectivity index (χ1) is 6.34. The van der Waals surface area contributed by atoms with Crippen molar-refractivity contribution in [3.63, 3.8) is 0 Å². The summed E-state index contributed by atoms with van der Waals surface area (Å²) in [5, 5.41) is 0. The van der Waals surface area contributed by atoms with Crippen LogP contribution in [0.15, 0.2) is 12.4 Å². The Kier molecular flexibility index (Phi) is 2.40. The van der Waals surface area contributed by atoms with E-state index in [2.05, 4.69) is 9.97 Å². The lowest BCUT2D eigenvalue weighted by molar-refractivity contribution is -0.0727. The Labute approximate surface area is 76.9 Å². The van der Waals surface area contributed by atoms with Crippen molar-refractivity contribution in [1.82, 2.24) is 9.97 Å². The number of ether oxygens (including phenoxy) is 2. The second-order valence-electron chi connectivity index (χ2n) is 3.09. The smallest absolute Gasteiger partial charge is 0.232 e. The average Bonchev–Trinajstić information content (AvgIpc) is 2.01. The van der Waals surface area contributed by atoms with Gasteiger partial charge in [-0.1, -0.05) is 0 Å². The van der Waals surface area contributed by atoms with Gasteiger partial charge in [-0.3, -0.25) is 4.98 Å². The number of rotatable bonds is 3. The summed E-state index contributed by atoms with van der Waals surface area (Å²) in [6.07, 6.45) is 4.65. The van der Waals surface area contributed by atoms with Crippen LogP contribution >= 0.6 is 0 Å². The number of aryl methyl sites for hydroxylation is 1. The lowest BCUT2D eigenvalue weighted by Gasteiger charge is -2.25. The molecular weight excluding hydrogens is 168 g/mol. The van der Waals surface area contributed by atoms with Crippen LogP contribution in [-0.4, -0.2) is 29.3 Å². The standard InChI is InChI=1S/C9H12N2O2/c1-7-4-10-5-9(11-7)13-6-8-2-3-12-8/h4-5,8H,2-3,6H2,1H3. The van der Waals surface area contributed by atoms with Gasteiger partial charge in [0, 0.05) is 19.2 Å². The van der Waals surface area contributed by atoms with E-state index in [-0.39, 0.29) is 6.10 Å². The van der Waals surface area contributed by atoms with Crippen molar-refractivity contribution in [1.29, 1.82) is 0 Å². The highest BCUT2D eigenvalue weighted by atomic mass is 16.5. The van der Waals surface area contributed by atoms with Crippen LogP contribution in [0.4, 0.5) is 0 Å². The van der Waals surface area contributed by atoms with E-state index in [4.69, 9.17) is 9.47 Å². The van der Waals surface area contributed by atoms with Crippen LogP contribution in [0.25, 0.3) is 0 Å². The summed E-state index contributed by atoms with van der Waals surface area (Å²) in [6, 6.07) is 0. The van der Waals surface area contributed by atoms with Crippen molar-refractivity contribution < 1.29 is 9.47 Å². The van der Waals surface area contributed by atoms with Gasteiger partial charge in [0.1, 0.15) is 6.61 Å². The lowest BCUT2D eigenvalue weighted by atomic mass is 10.2. The van der Waals surface area contributed by atoms with Crippen molar-refractivity contribution in [3.8, 4) is 5.88 Å². The molecule has 0 aromatic carbocycles. The van der Waals surface area contributed by atoms with E-state index in [1.54, 1.807) is 12.4 Å². The molecule has 0 amide bonds. The molecule has 1 aromatic rings. The van der Waals surface area contributed by atoms with E-state index in [0.29, 0.717) is 12.5 Å². The maximum Gasteiger partial charge on any atom is 0.232 e. The summed E-state index contributed by atoms with van der Waals surface area (Å²) in [4.78, 5) is 8.14. The Hall–Kier alpha value is -1.16. The van der Waals surface area contributed by atoms with E-state index in [0.717, 1.165) is 18.7 Å². The molecule has 1 saturated heterocycles. The van der Waals surface area contributed by atoms with E-state index in [1.807, 2.05) is 6.92 Å². The van der Waals surface area contributed by atoms with Crippen LogP contribution in [-0.2, 0) is 4.74 Å². The van der Waals surface area contributed by atoms with Crippen molar-refractivity contribution >= 4 is 0 Å². The van der Waals surface area contributed by atoms with E-state index in [1.165, 1.54) is 0 Å². The van der Waals surface area contributed by atoms with Crippen molar-refractivity contribution in [2.24, 2.45) is 0 Å². The lowest BCUT2D eigenvalue weighted by Crippen LogP contribution is -2.32. The highest BCUT2D eigenvalue weighted by Gasteiger charge is 2.18. The van der Waals surface area contributed by atoms with Crippen molar-refractivity contribution in [2.45, 2.75) is 19.4 Å². The van der Waals surface area contributed by atoms with E-state index >= 15 is 0 Å². The Balaban J connectivity index is 1.86. The zero-order valence-electron chi connectivity index (χ0n) is 7.56. The maximum atomic E-state index is 5.39. The van der Waals surface area contributed by atoms with E-state index < -0.39 is 0 Å². The molecule has 0 saturated carbocycles. The minimum Gasteiger partial charge on any atom is -0.474 e. The molecule has 1 aromatic heterocycles. The molecule has 0 radical (unpaired) electrons. The van der Waals surface area contributed by atoms with Gasteiger partial charge in [-0.2, -0.15) is 0 Å². The van der Waals surface area contributed by atoms with Gasteiger partial charge in [-0.05, 0) is 6.92 Å². The number of nitrogens with zero attached hydrogens (tertiary/aromatic N) is 2. The molecule has 4 nitrogen and oxygen atoms in total. The van der Waals surface area contributed by atoms with Crippen molar-refractivity contribution in [2.75, 3.05) is 13.2 Å². The van der Waals surface area contributed by atoms with Crippen LogP contribution in [0.2, 0.25) is 0 Å². The summed E-state index contributed by atoms with van der Waals surface area (Å²) >= 11 is 0. The van der Waals surface area contributed by atoms with Gasteiger partial charge >= 0.3 is 0 Å². The summed E-state index contributed by atoms with van der Waals surface area (Å²) in [5.41, 5.74) is 0.868. The summed E-state index contributed by atoms with van der Waals surface area (Å²) in [7, 11) is 0. The molecule has 4 heteroatoms. The molecule has 0 spiro atoms. The highest BCUT2D eigenvalue weighted by molar-refractivity contribution is 5.06. The monoisotopic (exact) mass is 180 g/mol. The molecule has 1 atom stereocenters. The fourth-order valence-electron chi connectivity index (χ4n) is 1.10. The van der Waals surface area contributed by atoms with Gasteiger partial charge in [0.15, 0.2) is 0 Å². The van der Waals surface area contributed by atoms with Crippen LogP contribution in [0.5, 0.6) is 5.88 Å². The molecular formula is C9H12N2O2. The maximum absolute atomic E-state index is 5.39. The van der Waals surface area contributed by atoms with Crippen LogP contribution in [0.1, 0.15) is 12.1 Å². The van der Waals surface area contributed by atoms with Gasteiger partial charge in [-0.15, -0.1) is 0 Å². The van der Waals surface area contributed by atoms with Gasteiger partial charge in [-0.25, -0.2) is 4.98 Å². The molecule has 70 valence electrons. The van der Waals surface area contributed by atoms with Gasteiger partial charge < -0.3 is 9.47 Å². The minimum atomic E-state index is 0.252. The molecule has 2 rings (SSSR count). The minimum absolute atomic E-state index is 0.252. The molecule has 1 aliphatic heterocycles. The third-order valence-corrected chi connectivity index (χ3v) is 1.94. The SMILES string of the molecule is Cc1cncc(OCC2CCO2)n1. The first kappa shape index (κ1) is 8.44. The number of hydrogen-bond acceptors (Lipinski definition) is 4. The molecule has 0 N–H and O–H groups in total. The molecule has 1 fully saturated rings. The molecule has 1 aliphatic rings. The zero-order valence-corrected chi connectivity index (χ0v) is 7.56. The highest BCUT2D eigenvalue weighted by Crippen LogP contribution is 2.12. The fourth-order valence-corrected chi connectivity index (χ4v) is 1.10. The Morgan fingerprint density at radius 3 is 3.08 bits per heavy atom. The van der Waals surface area contributed by atoms with Crippen molar-refractivity contribution in [3.05, 3.63) is 18.1 Å².